The van der Waals surface area contributed by atoms with Crippen molar-refractivity contribution in [3.8, 4) is 11.6 Å². The van der Waals surface area contributed by atoms with E-state index in [9.17, 15) is 4.39 Å². The summed E-state index contributed by atoms with van der Waals surface area (Å²) < 4.78 is 20.0. The van der Waals surface area contributed by atoms with Crippen LogP contribution in [0, 0.1) is 12.7 Å². The summed E-state index contributed by atoms with van der Waals surface area (Å²) in [5.41, 5.74) is 1.97. The SMILES string of the molecule is CCCNCc1cnc(Oc2ccc(Br)cc2F)c(C)c1. The third kappa shape index (κ3) is 4.51. The molecule has 0 radical (unpaired) electrons. The number of rotatable bonds is 6. The number of halogens is 2. The summed E-state index contributed by atoms with van der Waals surface area (Å²) in [6, 6.07) is 6.68. The van der Waals surface area contributed by atoms with Crippen LogP contribution in [0.25, 0.3) is 0 Å². The van der Waals surface area contributed by atoms with Crippen LogP contribution in [0.5, 0.6) is 11.6 Å². The van der Waals surface area contributed by atoms with E-state index < -0.39 is 5.82 Å². The topological polar surface area (TPSA) is 34.2 Å². The van der Waals surface area contributed by atoms with Gasteiger partial charge in [0.05, 0.1) is 0 Å². The highest BCUT2D eigenvalue weighted by Gasteiger charge is 2.09. The smallest absolute Gasteiger partial charge is 0.222 e. The number of aryl methyl sites for hydroxylation is 1. The van der Waals surface area contributed by atoms with Gasteiger partial charge in [-0.2, -0.15) is 0 Å². The van der Waals surface area contributed by atoms with Crippen LogP contribution in [0.4, 0.5) is 4.39 Å². The zero-order valence-electron chi connectivity index (χ0n) is 12.1. The number of nitrogens with zero attached hydrogens (tertiary/aromatic N) is 1. The maximum absolute atomic E-state index is 13.8. The molecule has 1 aromatic carbocycles. The number of benzene rings is 1. The molecule has 0 saturated heterocycles. The minimum atomic E-state index is -0.417. The molecular weight excluding hydrogens is 335 g/mol. The molecule has 0 unspecified atom stereocenters. The van der Waals surface area contributed by atoms with E-state index in [0.717, 1.165) is 30.6 Å². The third-order valence-corrected chi connectivity index (χ3v) is 3.44. The highest BCUT2D eigenvalue weighted by atomic mass is 79.9. The summed E-state index contributed by atoms with van der Waals surface area (Å²) in [4.78, 5) is 4.28. The van der Waals surface area contributed by atoms with E-state index in [-0.39, 0.29) is 5.75 Å². The van der Waals surface area contributed by atoms with E-state index in [4.69, 9.17) is 4.74 Å². The largest absolute Gasteiger partial charge is 0.436 e. The van der Waals surface area contributed by atoms with E-state index in [2.05, 4.69) is 33.2 Å². The second-order valence-electron chi connectivity index (χ2n) is 4.82. The molecule has 0 spiro atoms. The van der Waals surface area contributed by atoms with Gasteiger partial charge in [0.25, 0.3) is 0 Å². The van der Waals surface area contributed by atoms with Crippen molar-refractivity contribution >= 4 is 15.9 Å². The first kappa shape index (κ1) is 15.9. The molecule has 0 saturated carbocycles. The molecule has 3 nitrogen and oxygen atoms in total. The first-order valence-corrected chi connectivity index (χ1v) is 7.68. The molecule has 1 N–H and O–H groups in total. The van der Waals surface area contributed by atoms with Gasteiger partial charge in [-0.3, -0.25) is 0 Å². The van der Waals surface area contributed by atoms with Gasteiger partial charge >= 0.3 is 0 Å². The summed E-state index contributed by atoms with van der Waals surface area (Å²) in [6.07, 6.45) is 2.85. The molecule has 1 aromatic heterocycles. The Morgan fingerprint density at radius 2 is 2.14 bits per heavy atom. The Balaban J connectivity index is 2.10. The lowest BCUT2D eigenvalue weighted by Gasteiger charge is -2.10. The van der Waals surface area contributed by atoms with Crippen LogP contribution in [0.2, 0.25) is 0 Å². The average Bonchev–Trinajstić information content (AvgIpc) is 2.44. The van der Waals surface area contributed by atoms with Crippen LogP contribution in [-0.2, 0) is 6.54 Å². The molecule has 2 aromatic rings. The van der Waals surface area contributed by atoms with Crippen LogP contribution in [0.15, 0.2) is 34.9 Å². The molecule has 5 heteroatoms. The molecule has 0 aliphatic heterocycles. The molecular formula is C16H18BrFN2O. The van der Waals surface area contributed by atoms with Crippen molar-refractivity contribution in [2.24, 2.45) is 0 Å². The standard InChI is InChI=1S/C16H18BrFN2O/c1-3-6-19-9-12-7-11(2)16(20-10-12)21-15-5-4-13(17)8-14(15)18/h4-5,7-8,10,19H,3,6,9H2,1-2H3. The lowest BCUT2D eigenvalue weighted by molar-refractivity contribution is 0.424. The summed E-state index contributed by atoms with van der Waals surface area (Å²) in [7, 11) is 0. The summed E-state index contributed by atoms with van der Waals surface area (Å²) in [6.45, 7) is 5.78. The van der Waals surface area contributed by atoms with Crippen molar-refractivity contribution in [2.45, 2.75) is 26.8 Å². The van der Waals surface area contributed by atoms with Gasteiger partial charge in [-0.1, -0.05) is 22.9 Å². The molecule has 21 heavy (non-hydrogen) atoms. The van der Waals surface area contributed by atoms with Gasteiger partial charge < -0.3 is 10.1 Å². The summed E-state index contributed by atoms with van der Waals surface area (Å²) >= 11 is 3.22. The fourth-order valence-electron chi connectivity index (χ4n) is 1.90. The zero-order valence-corrected chi connectivity index (χ0v) is 13.7. The summed E-state index contributed by atoms with van der Waals surface area (Å²) in [5.74, 6) is 0.181. The molecule has 0 atom stereocenters. The Kier molecular flexibility index (Phi) is 5.70. The fourth-order valence-corrected chi connectivity index (χ4v) is 2.23. The Bertz CT molecular complexity index is 619. The molecule has 0 amide bonds. The quantitative estimate of drug-likeness (QED) is 0.772. The monoisotopic (exact) mass is 352 g/mol. The Morgan fingerprint density at radius 1 is 1.33 bits per heavy atom. The lowest BCUT2D eigenvalue weighted by Crippen LogP contribution is -2.14. The molecule has 0 aliphatic rings. The number of hydrogen-bond donors (Lipinski definition) is 1. The van der Waals surface area contributed by atoms with Gasteiger partial charge in [0.1, 0.15) is 0 Å². The van der Waals surface area contributed by atoms with Gasteiger partial charge in [-0.05, 0) is 49.7 Å². The number of hydrogen-bond acceptors (Lipinski definition) is 3. The van der Waals surface area contributed by atoms with Gasteiger partial charge in [-0.15, -0.1) is 0 Å². The van der Waals surface area contributed by atoms with E-state index in [1.54, 1.807) is 18.3 Å². The normalized spacial score (nSPS) is 10.7. The molecule has 0 aliphatic carbocycles. The van der Waals surface area contributed by atoms with E-state index >= 15 is 0 Å². The minimum absolute atomic E-state index is 0.172. The number of aromatic nitrogens is 1. The molecule has 112 valence electrons. The van der Waals surface area contributed by atoms with Gasteiger partial charge in [-0.25, -0.2) is 9.37 Å². The first-order valence-electron chi connectivity index (χ1n) is 6.89. The maximum Gasteiger partial charge on any atom is 0.222 e. The van der Waals surface area contributed by atoms with Crippen LogP contribution < -0.4 is 10.1 Å². The summed E-state index contributed by atoms with van der Waals surface area (Å²) in [5, 5.41) is 3.32. The first-order chi connectivity index (χ1) is 10.1. The van der Waals surface area contributed by atoms with Crippen LogP contribution in [-0.4, -0.2) is 11.5 Å². The third-order valence-electron chi connectivity index (χ3n) is 2.94. The number of ether oxygens (including phenoxy) is 1. The van der Waals surface area contributed by atoms with E-state index in [0.29, 0.717) is 10.4 Å². The van der Waals surface area contributed by atoms with E-state index in [1.165, 1.54) is 6.07 Å². The van der Waals surface area contributed by atoms with Crippen LogP contribution in [0.3, 0.4) is 0 Å². The lowest BCUT2D eigenvalue weighted by atomic mass is 10.2. The highest BCUT2D eigenvalue weighted by Crippen LogP contribution is 2.27. The van der Waals surface area contributed by atoms with Crippen molar-refractivity contribution in [3.05, 3.63) is 51.9 Å². The van der Waals surface area contributed by atoms with Crippen LogP contribution in [0.1, 0.15) is 24.5 Å². The van der Waals surface area contributed by atoms with Gasteiger partial charge in [0.2, 0.25) is 5.88 Å². The molecule has 0 bridgehead atoms. The highest BCUT2D eigenvalue weighted by molar-refractivity contribution is 9.10. The van der Waals surface area contributed by atoms with Crippen molar-refractivity contribution in [1.82, 2.24) is 10.3 Å². The molecule has 1 heterocycles. The minimum Gasteiger partial charge on any atom is -0.436 e. The Hall–Kier alpha value is -1.46. The molecule has 2 rings (SSSR count). The number of nitrogens with one attached hydrogen (secondary N) is 1. The second-order valence-corrected chi connectivity index (χ2v) is 5.73. The average molecular weight is 353 g/mol. The van der Waals surface area contributed by atoms with E-state index in [1.807, 2.05) is 13.0 Å². The maximum atomic E-state index is 13.8. The fraction of sp³-hybridized carbons (Fsp3) is 0.312. The van der Waals surface area contributed by atoms with Crippen molar-refractivity contribution < 1.29 is 9.13 Å². The van der Waals surface area contributed by atoms with Crippen molar-refractivity contribution in [1.29, 1.82) is 0 Å². The van der Waals surface area contributed by atoms with Gasteiger partial charge in [0.15, 0.2) is 11.6 Å². The zero-order chi connectivity index (χ0) is 15.2. The predicted molar refractivity (Wildman–Crippen MR) is 85.1 cm³/mol. The van der Waals surface area contributed by atoms with Gasteiger partial charge in [0, 0.05) is 22.8 Å². The predicted octanol–water partition coefficient (Wildman–Crippen LogP) is 4.58. The number of pyridine rings is 1. The van der Waals surface area contributed by atoms with Crippen molar-refractivity contribution in [3.63, 3.8) is 0 Å². The second kappa shape index (κ2) is 7.52. The van der Waals surface area contributed by atoms with Crippen molar-refractivity contribution in [2.75, 3.05) is 6.54 Å². The molecule has 0 fully saturated rings. The Labute approximate surface area is 132 Å². The Morgan fingerprint density at radius 3 is 2.81 bits per heavy atom. The van der Waals surface area contributed by atoms with Crippen LogP contribution >= 0.6 is 15.9 Å².